The van der Waals surface area contributed by atoms with Crippen LogP contribution in [0.15, 0.2) is 42.7 Å². The first kappa shape index (κ1) is 13.9. The third-order valence-electron chi connectivity index (χ3n) is 4.27. The summed E-state index contributed by atoms with van der Waals surface area (Å²) in [5, 5.41) is 0. The summed E-state index contributed by atoms with van der Waals surface area (Å²) < 4.78 is 0. The number of anilines is 2. The smallest absolute Gasteiger partial charge is 0.128 e. The molecule has 4 nitrogen and oxygen atoms in total. The summed E-state index contributed by atoms with van der Waals surface area (Å²) in [5.74, 6) is 1.07. The molecular formula is C17H22N4. The minimum atomic E-state index is 0.569. The lowest BCUT2D eigenvalue weighted by atomic mass is 10.0. The Morgan fingerprint density at radius 1 is 1.10 bits per heavy atom. The maximum absolute atomic E-state index is 4.45. The molecule has 0 bridgehead atoms. The lowest BCUT2D eigenvalue weighted by molar-refractivity contribution is 0.480. The monoisotopic (exact) mass is 282 g/mol. The fourth-order valence-corrected chi connectivity index (χ4v) is 2.99. The van der Waals surface area contributed by atoms with E-state index < -0.39 is 0 Å². The van der Waals surface area contributed by atoms with E-state index in [0.717, 1.165) is 37.4 Å². The average Bonchev–Trinajstić information content (AvgIpc) is 2.55. The Labute approximate surface area is 126 Å². The minimum absolute atomic E-state index is 0.569. The second-order valence-corrected chi connectivity index (χ2v) is 5.67. The van der Waals surface area contributed by atoms with Gasteiger partial charge >= 0.3 is 0 Å². The van der Waals surface area contributed by atoms with Crippen LogP contribution in [0.4, 0.5) is 11.5 Å². The molecule has 0 aromatic carbocycles. The molecule has 110 valence electrons. The van der Waals surface area contributed by atoms with Gasteiger partial charge in [-0.05, 0) is 44.0 Å². The number of nitrogens with zero attached hydrogens (tertiary/aromatic N) is 4. The molecule has 0 atom stereocenters. The molecule has 21 heavy (non-hydrogen) atoms. The third kappa shape index (κ3) is 3.15. The molecule has 0 saturated carbocycles. The lowest BCUT2D eigenvalue weighted by Crippen LogP contribution is -2.43. The Morgan fingerprint density at radius 3 is 2.57 bits per heavy atom. The van der Waals surface area contributed by atoms with E-state index in [1.165, 1.54) is 5.69 Å². The van der Waals surface area contributed by atoms with Crippen molar-refractivity contribution in [1.82, 2.24) is 9.97 Å². The number of hydrogen-bond donors (Lipinski definition) is 0. The van der Waals surface area contributed by atoms with Crippen LogP contribution in [0.5, 0.6) is 0 Å². The summed E-state index contributed by atoms with van der Waals surface area (Å²) in [6.45, 7) is 4.22. The Hall–Kier alpha value is -2.10. The SMILES string of the molecule is Cc1cc(N2CCC(N(C)c3ccccn3)CC2)ccn1. The molecule has 2 aromatic heterocycles. The molecule has 1 aliphatic rings. The number of aromatic nitrogens is 2. The van der Waals surface area contributed by atoms with Gasteiger partial charge in [0.2, 0.25) is 0 Å². The zero-order chi connectivity index (χ0) is 14.7. The molecule has 0 spiro atoms. The highest BCUT2D eigenvalue weighted by Gasteiger charge is 2.23. The first-order valence-corrected chi connectivity index (χ1v) is 7.55. The molecule has 4 heteroatoms. The standard InChI is InChI=1S/C17H22N4/c1-14-13-16(6-10-18-14)21-11-7-15(8-12-21)20(2)17-5-3-4-9-19-17/h3-6,9-10,13,15H,7-8,11-12H2,1-2H3. The van der Waals surface area contributed by atoms with Gasteiger partial charge < -0.3 is 9.80 Å². The van der Waals surface area contributed by atoms with Crippen molar-refractivity contribution in [2.75, 3.05) is 29.9 Å². The molecule has 0 amide bonds. The molecule has 1 saturated heterocycles. The third-order valence-corrected chi connectivity index (χ3v) is 4.27. The Kier molecular flexibility index (Phi) is 4.04. The summed E-state index contributed by atoms with van der Waals surface area (Å²) in [5.41, 5.74) is 2.38. The summed E-state index contributed by atoms with van der Waals surface area (Å²) in [6, 6.07) is 10.9. The summed E-state index contributed by atoms with van der Waals surface area (Å²) in [4.78, 5) is 13.5. The van der Waals surface area contributed by atoms with E-state index in [9.17, 15) is 0 Å². The quantitative estimate of drug-likeness (QED) is 0.866. The van der Waals surface area contributed by atoms with Gasteiger partial charge in [-0.15, -0.1) is 0 Å². The molecule has 0 aliphatic carbocycles. The Bertz CT molecular complexity index is 576. The predicted octanol–water partition coefficient (Wildman–Crippen LogP) is 2.89. The van der Waals surface area contributed by atoms with Gasteiger partial charge in [-0.3, -0.25) is 4.98 Å². The first-order valence-electron chi connectivity index (χ1n) is 7.55. The fraction of sp³-hybridized carbons (Fsp3) is 0.412. The molecule has 0 unspecified atom stereocenters. The fourth-order valence-electron chi connectivity index (χ4n) is 2.99. The number of piperidine rings is 1. The van der Waals surface area contributed by atoms with Crippen molar-refractivity contribution in [2.45, 2.75) is 25.8 Å². The summed E-state index contributed by atoms with van der Waals surface area (Å²) in [7, 11) is 2.15. The van der Waals surface area contributed by atoms with Crippen LogP contribution in [0.1, 0.15) is 18.5 Å². The van der Waals surface area contributed by atoms with Crippen molar-refractivity contribution in [2.24, 2.45) is 0 Å². The van der Waals surface area contributed by atoms with E-state index in [4.69, 9.17) is 0 Å². The van der Waals surface area contributed by atoms with Gasteiger partial charge in [0, 0.05) is 50.0 Å². The molecule has 3 heterocycles. The highest BCUT2D eigenvalue weighted by molar-refractivity contribution is 5.47. The maximum atomic E-state index is 4.45. The van der Waals surface area contributed by atoms with Gasteiger partial charge in [-0.25, -0.2) is 4.98 Å². The van der Waals surface area contributed by atoms with Crippen molar-refractivity contribution in [1.29, 1.82) is 0 Å². The van der Waals surface area contributed by atoms with Crippen LogP contribution in [0, 0.1) is 6.92 Å². The van der Waals surface area contributed by atoms with Gasteiger partial charge in [0.15, 0.2) is 0 Å². The molecule has 0 N–H and O–H groups in total. The summed E-state index contributed by atoms with van der Waals surface area (Å²) in [6.07, 6.45) is 6.08. The van der Waals surface area contributed by atoms with Crippen LogP contribution in [0.25, 0.3) is 0 Å². The number of hydrogen-bond acceptors (Lipinski definition) is 4. The molecule has 3 rings (SSSR count). The van der Waals surface area contributed by atoms with Crippen molar-refractivity contribution in [3.05, 3.63) is 48.4 Å². The van der Waals surface area contributed by atoms with Gasteiger partial charge in [-0.1, -0.05) is 6.07 Å². The van der Waals surface area contributed by atoms with E-state index in [2.05, 4.69) is 45.0 Å². The Balaban J connectivity index is 1.63. The molecule has 0 radical (unpaired) electrons. The van der Waals surface area contributed by atoms with E-state index in [1.807, 2.05) is 31.5 Å². The zero-order valence-corrected chi connectivity index (χ0v) is 12.7. The zero-order valence-electron chi connectivity index (χ0n) is 12.7. The van der Waals surface area contributed by atoms with Crippen LogP contribution in [0.2, 0.25) is 0 Å². The second kappa shape index (κ2) is 6.12. The maximum Gasteiger partial charge on any atom is 0.128 e. The second-order valence-electron chi connectivity index (χ2n) is 5.67. The largest absolute Gasteiger partial charge is 0.371 e. The highest BCUT2D eigenvalue weighted by atomic mass is 15.2. The van der Waals surface area contributed by atoms with Crippen LogP contribution in [-0.2, 0) is 0 Å². The van der Waals surface area contributed by atoms with E-state index >= 15 is 0 Å². The number of rotatable bonds is 3. The van der Waals surface area contributed by atoms with Crippen molar-refractivity contribution < 1.29 is 0 Å². The van der Waals surface area contributed by atoms with Crippen LogP contribution >= 0.6 is 0 Å². The normalized spacial score (nSPS) is 16.0. The number of pyridine rings is 2. The molecule has 2 aromatic rings. The van der Waals surface area contributed by atoms with E-state index in [0.29, 0.717) is 6.04 Å². The molecular weight excluding hydrogens is 260 g/mol. The molecule has 1 aliphatic heterocycles. The van der Waals surface area contributed by atoms with Crippen LogP contribution in [0.3, 0.4) is 0 Å². The van der Waals surface area contributed by atoms with Crippen LogP contribution in [-0.4, -0.2) is 36.1 Å². The predicted molar refractivity (Wildman–Crippen MR) is 86.8 cm³/mol. The van der Waals surface area contributed by atoms with E-state index in [1.54, 1.807) is 0 Å². The van der Waals surface area contributed by atoms with Crippen molar-refractivity contribution >= 4 is 11.5 Å². The van der Waals surface area contributed by atoms with Crippen molar-refractivity contribution in [3.8, 4) is 0 Å². The average molecular weight is 282 g/mol. The van der Waals surface area contributed by atoms with Crippen LogP contribution < -0.4 is 9.80 Å². The summed E-state index contributed by atoms with van der Waals surface area (Å²) >= 11 is 0. The number of aryl methyl sites for hydroxylation is 1. The van der Waals surface area contributed by atoms with Gasteiger partial charge in [0.1, 0.15) is 5.82 Å². The van der Waals surface area contributed by atoms with Gasteiger partial charge in [0.05, 0.1) is 0 Å². The van der Waals surface area contributed by atoms with Gasteiger partial charge in [0.25, 0.3) is 0 Å². The molecule has 1 fully saturated rings. The van der Waals surface area contributed by atoms with Gasteiger partial charge in [-0.2, -0.15) is 0 Å². The lowest BCUT2D eigenvalue weighted by Gasteiger charge is -2.38. The highest BCUT2D eigenvalue weighted by Crippen LogP contribution is 2.24. The minimum Gasteiger partial charge on any atom is -0.371 e. The Morgan fingerprint density at radius 2 is 1.90 bits per heavy atom. The topological polar surface area (TPSA) is 32.3 Å². The van der Waals surface area contributed by atoms with Crippen molar-refractivity contribution in [3.63, 3.8) is 0 Å². The first-order chi connectivity index (χ1) is 10.2. The van der Waals surface area contributed by atoms with E-state index in [-0.39, 0.29) is 0 Å².